The van der Waals surface area contributed by atoms with Crippen LogP contribution in [-0.2, 0) is 9.53 Å². The zero-order valence-electron chi connectivity index (χ0n) is 6.75. The summed E-state index contributed by atoms with van der Waals surface area (Å²) in [4.78, 5) is 10.7. The lowest BCUT2D eigenvalue weighted by Crippen LogP contribution is -2.32. The quantitative estimate of drug-likeness (QED) is 0.655. The predicted molar refractivity (Wildman–Crippen MR) is 40.3 cm³/mol. The van der Waals surface area contributed by atoms with Crippen LogP contribution in [0.2, 0.25) is 0 Å². The maximum Gasteiger partial charge on any atom is 0.306 e. The summed E-state index contributed by atoms with van der Waals surface area (Å²) in [6, 6.07) is 0. The molecule has 0 bridgehead atoms. The molecule has 0 amide bonds. The standard InChI is InChI=1S/C8H14O3/c1-2-6-5-11-4-3-7(6)8(9)10/h6-7H,2-5H2,1H3,(H,9,10). The van der Waals surface area contributed by atoms with Crippen LogP contribution in [0, 0.1) is 11.8 Å². The molecule has 0 aromatic carbocycles. The van der Waals surface area contributed by atoms with E-state index in [0.717, 1.165) is 6.42 Å². The van der Waals surface area contributed by atoms with Gasteiger partial charge in [0.05, 0.1) is 12.5 Å². The number of hydrogen-bond donors (Lipinski definition) is 1. The van der Waals surface area contributed by atoms with E-state index in [-0.39, 0.29) is 11.8 Å². The maximum absolute atomic E-state index is 10.7. The summed E-state index contributed by atoms with van der Waals surface area (Å²) in [7, 11) is 0. The van der Waals surface area contributed by atoms with Crippen molar-refractivity contribution in [3.8, 4) is 0 Å². The van der Waals surface area contributed by atoms with E-state index in [0.29, 0.717) is 19.6 Å². The van der Waals surface area contributed by atoms with Crippen molar-refractivity contribution in [1.29, 1.82) is 0 Å². The number of ether oxygens (including phenoxy) is 1. The fourth-order valence-electron chi connectivity index (χ4n) is 1.52. The maximum atomic E-state index is 10.7. The van der Waals surface area contributed by atoms with Gasteiger partial charge in [-0.05, 0) is 12.3 Å². The van der Waals surface area contributed by atoms with Gasteiger partial charge in [0.15, 0.2) is 0 Å². The van der Waals surface area contributed by atoms with Crippen molar-refractivity contribution in [1.82, 2.24) is 0 Å². The van der Waals surface area contributed by atoms with Crippen molar-refractivity contribution < 1.29 is 14.6 Å². The van der Waals surface area contributed by atoms with E-state index in [1.165, 1.54) is 0 Å². The molecule has 2 atom stereocenters. The zero-order chi connectivity index (χ0) is 8.27. The lowest BCUT2D eigenvalue weighted by Gasteiger charge is -2.27. The minimum Gasteiger partial charge on any atom is -0.481 e. The van der Waals surface area contributed by atoms with Crippen molar-refractivity contribution in [3.05, 3.63) is 0 Å². The third-order valence-electron chi connectivity index (χ3n) is 2.32. The summed E-state index contributed by atoms with van der Waals surface area (Å²) in [5.74, 6) is -0.616. The highest BCUT2D eigenvalue weighted by atomic mass is 16.5. The van der Waals surface area contributed by atoms with Gasteiger partial charge in [-0.1, -0.05) is 13.3 Å². The van der Waals surface area contributed by atoms with Gasteiger partial charge in [-0.3, -0.25) is 4.79 Å². The SMILES string of the molecule is CCC1COCCC1C(=O)O. The van der Waals surface area contributed by atoms with E-state index in [9.17, 15) is 4.79 Å². The average molecular weight is 158 g/mol. The molecule has 0 aromatic heterocycles. The molecule has 1 rings (SSSR count). The van der Waals surface area contributed by atoms with Crippen molar-refractivity contribution >= 4 is 5.97 Å². The van der Waals surface area contributed by atoms with Crippen LogP contribution in [-0.4, -0.2) is 24.3 Å². The first-order chi connectivity index (χ1) is 5.25. The summed E-state index contributed by atoms with van der Waals surface area (Å²) >= 11 is 0. The second-order valence-corrected chi connectivity index (χ2v) is 2.98. The Morgan fingerprint density at radius 2 is 2.45 bits per heavy atom. The summed E-state index contributed by atoms with van der Waals surface area (Å²) in [5.41, 5.74) is 0. The first-order valence-electron chi connectivity index (χ1n) is 4.06. The Balaban J connectivity index is 2.51. The highest BCUT2D eigenvalue weighted by Crippen LogP contribution is 2.24. The third-order valence-corrected chi connectivity index (χ3v) is 2.32. The molecule has 0 radical (unpaired) electrons. The minimum atomic E-state index is -0.667. The molecule has 64 valence electrons. The molecule has 1 aliphatic heterocycles. The van der Waals surface area contributed by atoms with Gasteiger partial charge in [-0.25, -0.2) is 0 Å². The van der Waals surface area contributed by atoms with Gasteiger partial charge in [-0.15, -0.1) is 0 Å². The highest BCUT2D eigenvalue weighted by molar-refractivity contribution is 5.70. The Kier molecular flexibility index (Phi) is 2.88. The zero-order valence-corrected chi connectivity index (χ0v) is 6.75. The molecule has 0 aromatic rings. The van der Waals surface area contributed by atoms with Crippen LogP contribution in [0.5, 0.6) is 0 Å². The number of carboxylic acids is 1. The molecule has 1 saturated heterocycles. The number of hydrogen-bond acceptors (Lipinski definition) is 2. The molecule has 0 aliphatic carbocycles. The average Bonchev–Trinajstić information content (AvgIpc) is 2.04. The van der Waals surface area contributed by atoms with E-state index >= 15 is 0 Å². The predicted octanol–water partition coefficient (Wildman–Crippen LogP) is 1.13. The summed E-state index contributed by atoms with van der Waals surface area (Å²) in [6.45, 7) is 3.23. The largest absolute Gasteiger partial charge is 0.481 e. The lowest BCUT2D eigenvalue weighted by molar-refractivity contribution is -0.148. The van der Waals surface area contributed by atoms with E-state index in [1.807, 2.05) is 6.92 Å². The van der Waals surface area contributed by atoms with Crippen molar-refractivity contribution in [3.63, 3.8) is 0 Å². The monoisotopic (exact) mass is 158 g/mol. The van der Waals surface area contributed by atoms with E-state index in [2.05, 4.69) is 0 Å². The molecular weight excluding hydrogens is 144 g/mol. The van der Waals surface area contributed by atoms with Crippen LogP contribution in [0.25, 0.3) is 0 Å². The Labute approximate surface area is 66.4 Å². The molecule has 0 saturated carbocycles. The molecule has 3 nitrogen and oxygen atoms in total. The second kappa shape index (κ2) is 3.72. The van der Waals surface area contributed by atoms with Gasteiger partial charge in [0.25, 0.3) is 0 Å². The first-order valence-corrected chi connectivity index (χ1v) is 4.06. The summed E-state index contributed by atoms with van der Waals surface area (Å²) in [6.07, 6.45) is 1.57. The van der Waals surface area contributed by atoms with Gasteiger partial charge in [0, 0.05) is 6.61 Å². The molecule has 1 heterocycles. The molecule has 11 heavy (non-hydrogen) atoms. The Morgan fingerprint density at radius 3 is 2.91 bits per heavy atom. The van der Waals surface area contributed by atoms with Crippen molar-refractivity contribution in [2.24, 2.45) is 11.8 Å². The Morgan fingerprint density at radius 1 is 1.73 bits per heavy atom. The van der Waals surface area contributed by atoms with Crippen LogP contribution in [0.15, 0.2) is 0 Å². The summed E-state index contributed by atoms with van der Waals surface area (Å²) in [5, 5.41) is 8.78. The van der Waals surface area contributed by atoms with Gasteiger partial charge < -0.3 is 9.84 Å². The molecule has 3 heteroatoms. The molecular formula is C8H14O3. The number of carboxylic acid groups (broad SMARTS) is 1. The van der Waals surface area contributed by atoms with E-state index < -0.39 is 5.97 Å². The topological polar surface area (TPSA) is 46.5 Å². The van der Waals surface area contributed by atoms with Crippen LogP contribution in [0.4, 0.5) is 0 Å². The molecule has 2 unspecified atom stereocenters. The summed E-state index contributed by atoms with van der Waals surface area (Å²) < 4.78 is 5.19. The molecule has 1 N–H and O–H groups in total. The van der Waals surface area contributed by atoms with Crippen molar-refractivity contribution in [2.75, 3.05) is 13.2 Å². The van der Waals surface area contributed by atoms with Crippen LogP contribution < -0.4 is 0 Å². The smallest absolute Gasteiger partial charge is 0.306 e. The highest BCUT2D eigenvalue weighted by Gasteiger charge is 2.29. The number of rotatable bonds is 2. The van der Waals surface area contributed by atoms with Gasteiger partial charge in [0.1, 0.15) is 0 Å². The number of carbonyl (C=O) groups is 1. The normalized spacial score (nSPS) is 31.7. The van der Waals surface area contributed by atoms with E-state index in [4.69, 9.17) is 9.84 Å². The van der Waals surface area contributed by atoms with Crippen LogP contribution >= 0.6 is 0 Å². The molecule has 1 fully saturated rings. The lowest BCUT2D eigenvalue weighted by atomic mass is 9.87. The molecule has 0 spiro atoms. The van der Waals surface area contributed by atoms with Gasteiger partial charge >= 0.3 is 5.97 Å². The van der Waals surface area contributed by atoms with E-state index in [1.54, 1.807) is 0 Å². The second-order valence-electron chi connectivity index (χ2n) is 2.98. The first kappa shape index (κ1) is 8.53. The Bertz CT molecular complexity index is 144. The minimum absolute atomic E-state index is 0.172. The van der Waals surface area contributed by atoms with Gasteiger partial charge in [0.2, 0.25) is 0 Å². The van der Waals surface area contributed by atoms with Crippen LogP contribution in [0.1, 0.15) is 19.8 Å². The third kappa shape index (κ3) is 1.93. The fourth-order valence-corrected chi connectivity index (χ4v) is 1.52. The van der Waals surface area contributed by atoms with Crippen molar-refractivity contribution in [2.45, 2.75) is 19.8 Å². The molecule has 1 aliphatic rings. The Hall–Kier alpha value is -0.570. The van der Waals surface area contributed by atoms with Gasteiger partial charge in [-0.2, -0.15) is 0 Å². The van der Waals surface area contributed by atoms with Crippen LogP contribution in [0.3, 0.4) is 0 Å². The fraction of sp³-hybridized carbons (Fsp3) is 0.875. The number of aliphatic carboxylic acids is 1.